The molecule has 2 atom stereocenters. The fraction of sp³-hybridized carbons (Fsp3) is 0.545. The van der Waals surface area contributed by atoms with Crippen molar-refractivity contribution in [1.82, 2.24) is 0 Å². The van der Waals surface area contributed by atoms with E-state index in [0.717, 1.165) is 6.42 Å². The molecule has 0 N–H and O–H groups in total. The lowest BCUT2D eigenvalue weighted by atomic mass is 9.84. The first-order chi connectivity index (χ1) is 6.20. The molecule has 0 radical (unpaired) electrons. The predicted octanol–water partition coefficient (Wildman–Crippen LogP) is 3.32. The molecule has 1 nitrogen and oxygen atoms in total. The Kier molecular flexibility index (Phi) is 2.41. The average molecular weight is 240 g/mol. The van der Waals surface area contributed by atoms with Gasteiger partial charge in [-0.3, -0.25) is 4.99 Å². The molecule has 1 heterocycles. The van der Waals surface area contributed by atoms with Crippen molar-refractivity contribution in [2.24, 2.45) is 16.8 Å². The van der Waals surface area contributed by atoms with Crippen LogP contribution in [0.5, 0.6) is 0 Å². The molecule has 13 heavy (non-hydrogen) atoms. The summed E-state index contributed by atoms with van der Waals surface area (Å²) in [5.74, 6) is 1.20. The molecule has 0 aromatic carbocycles. The average Bonchev–Trinajstić information content (AvgIpc) is 2.53. The summed E-state index contributed by atoms with van der Waals surface area (Å²) >= 11 is 3.61. The molecule has 0 amide bonds. The van der Waals surface area contributed by atoms with E-state index < -0.39 is 0 Å². The van der Waals surface area contributed by atoms with Crippen LogP contribution >= 0.6 is 15.9 Å². The zero-order chi connectivity index (χ0) is 9.42. The van der Waals surface area contributed by atoms with Gasteiger partial charge in [-0.1, -0.05) is 41.9 Å². The highest BCUT2D eigenvalue weighted by molar-refractivity contribution is 9.11. The lowest BCUT2D eigenvalue weighted by molar-refractivity contribution is 0.547. The van der Waals surface area contributed by atoms with Gasteiger partial charge in [-0.05, 0) is 17.9 Å². The van der Waals surface area contributed by atoms with Gasteiger partial charge < -0.3 is 0 Å². The van der Waals surface area contributed by atoms with Gasteiger partial charge in [0.2, 0.25) is 0 Å². The minimum absolute atomic E-state index is 0.416. The van der Waals surface area contributed by atoms with Crippen LogP contribution in [0.1, 0.15) is 20.3 Å². The van der Waals surface area contributed by atoms with Gasteiger partial charge in [-0.2, -0.15) is 0 Å². The standard InChI is InChI=1S/C11H14BrN/c1-7(2)8-3-4-10(12)9-5-6-13-11(8)9/h3-4,6-7,9,11H,5H2,1-2H3. The Morgan fingerprint density at radius 2 is 2.23 bits per heavy atom. The van der Waals surface area contributed by atoms with E-state index in [4.69, 9.17) is 0 Å². The summed E-state index contributed by atoms with van der Waals surface area (Å²) in [5, 5.41) is 0. The quantitative estimate of drug-likeness (QED) is 0.666. The summed E-state index contributed by atoms with van der Waals surface area (Å²) in [7, 11) is 0. The number of halogens is 1. The zero-order valence-electron chi connectivity index (χ0n) is 8.00. The van der Waals surface area contributed by atoms with Gasteiger partial charge in [0.05, 0.1) is 6.04 Å². The van der Waals surface area contributed by atoms with Crippen molar-refractivity contribution < 1.29 is 0 Å². The van der Waals surface area contributed by atoms with E-state index in [9.17, 15) is 0 Å². The maximum Gasteiger partial charge on any atom is 0.0787 e. The number of fused-ring (bicyclic) bond motifs is 1. The molecule has 2 heteroatoms. The maximum absolute atomic E-state index is 4.55. The summed E-state index contributed by atoms with van der Waals surface area (Å²) in [4.78, 5) is 4.55. The fourth-order valence-corrected chi connectivity index (χ4v) is 2.60. The molecule has 0 aromatic rings. The zero-order valence-corrected chi connectivity index (χ0v) is 9.58. The van der Waals surface area contributed by atoms with Crippen LogP contribution in [0, 0.1) is 11.8 Å². The lowest BCUT2D eigenvalue weighted by Crippen LogP contribution is -2.22. The molecular weight excluding hydrogens is 226 g/mol. The normalized spacial score (nSPS) is 31.7. The molecule has 2 rings (SSSR count). The van der Waals surface area contributed by atoms with Gasteiger partial charge >= 0.3 is 0 Å². The van der Waals surface area contributed by atoms with Gasteiger partial charge in [0.15, 0.2) is 0 Å². The number of rotatable bonds is 1. The van der Waals surface area contributed by atoms with Gasteiger partial charge in [0.25, 0.3) is 0 Å². The Labute approximate surface area is 87.8 Å². The number of nitrogens with zero attached hydrogens (tertiary/aromatic N) is 1. The molecule has 0 spiro atoms. The molecule has 0 saturated carbocycles. The molecule has 2 aliphatic rings. The van der Waals surface area contributed by atoms with Crippen LogP contribution in [-0.2, 0) is 0 Å². The lowest BCUT2D eigenvalue weighted by Gasteiger charge is -2.26. The Morgan fingerprint density at radius 1 is 1.46 bits per heavy atom. The summed E-state index contributed by atoms with van der Waals surface area (Å²) in [6.45, 7) is 4.48. The van der Waals surface area contributed by atoms with Crippen LogP contribution in [0.4, 0.5) is 0 Å². The summed E-state index contributed by atoms with van der Waals surface area (Å²) in [6, 6.07) is 0.416. The highest BCUT2D eigenvalue weighted by atomic mass is 79.9. The second-order valence-corrected chi connectivity index (χ2v) is 4.91. The van der Waals surface area contributed by atoms with E-state index in [2.05, 4.69) is 53.1 Å². The highest BCUT2D eigenvalue weighted by Crippen LogP contribution is 2.38. The van der Waals surface area contributed by atoms with Gasteiger partial charge in [-0.15, -0.1) is 0 Å². The van der Waals surface area contributed by atoms with Crippen molar-refractivity contribution in [1.29, 1.82) is 0 Å². The first kappa shape index (κ1) is 9.20. The van der Waals surface area contributed by atoms with Crippen LogP contribution in [0.15, 0.2) is 27.2 Å². The molecule has 0 aromatic heterocycles. The molecule has 0 fully saturated rings. The van der Waals surface area contributed by atoms with Crippen molar-refractivity contribution in [2.75, 3.05) is 0 Å². The van der Waals surface area contributed by atoms with Crippen molar-refractivity contribution >= 4 is 22.1 Å². The van der Waals surface area contributed by atoms with Crippen molar-refractivity contribution in [3.05, 3.63) is 22.2 Å². The summed E-state index contributed by atoms with van der Waals surface area (Å²) in [5.41, 5.74) is 1.47. The third kappa shape index (κ3) is 1.52. The largest absolute Gasteiger partial charge is 0.289 e. The fourth-order valence-electron chi connectivity index (χ4n) is 2.03. The van der Waals surface area contributed by atoms with Crippen molar-refractivity contribution in [2.45, 2.75) is 26.3 Å². The van der Waals surface area contributed by atoms with Crippen molar-refractivity contribution in [3.63, 3.8) is 0 Å². The number of allylic oxidation sites excluding steroid dienone is 2. The number of aliphatic imine (C=N–C) groups is 1. The third-order valence-corrected chi connectivity index (χ3v) is 3.66. The maximum atomic E-state index is 4.55. The Morgan fingerprint density at radius 3 is 2.92 bits per heavy atom. The second kappa shape index (κ2) is 3.41. The van der Waals surface area contributed by atoms with E-state index >= 15 is 0 Å². The molecule has 2 unspecified atom stereocenters. The molecule has 0 saturated heterocycles. The predicted molar refractivity (Wildman–Crippen MR) is 60.3 cm³/mol. The van der Waals surface area contributed by atoms with Gasteiger partial charge in [0.1, 0.15) is 0 Å². The van der Waals surface area contributed by atoms with E-state index in [1.165, 1.54) is 10.1 Å². The van der Waals surface area contributed by atoms with Gasteiger partial charge in [-0.25, -0.2) is 0 Å². The number of hydrogen-bond acceptors (Lipinski definition) is 1. The van der Waals surface area contributed by atoms with Crippen LogP contribution in [-0.4, -0.2) is 12.3 Å². The van der Waals surface area contributed by atoms with Gasteiger partial charge in [0, 0.05) is 16.6 Å². The van der Waals surface area contributed by atoms with Crippen LogP contribution in [0.2, 0.25) is 0 Å². The minimum atomic E-state index is 0.416. The number of hydrogen-bond donors (Lipinski definition) is 0. The highest BCUT2D eigenvalue weighted by Gasteiger charge is 2.32. The molecule has 0 bridgehead atoms. The SMILES string of the molecule is CC(C)C1=CC=C(Br)C2CC=NC12. The van der Waals surface area contributed by atoms with Crippen LogP contribution < -0.4 is 0 Å². The van der Waals surface area contributed by atoms with Crippen LogP contribution in [0.3, 0.4) is 0 Å². The van der Waals surface area contributed by atoms with Crippen molar-refractivity contribution in [3.8, 4) is 0 Å². The molecular formula is C11H14BrN. The molecule has 70 valence electrons. The van der Waals surface area contributed by atoms with Crippen LogP contribution in [0.25, 0.3) is 0 Å². The molecule has 1 aliphatic heterocycles. The Bertz CT molecular complexity index is 299. The van der Waals surface area contributed by atoms with E-state index in [1.54, 1.807) is 0 Å². The Balaban J connectivity index is 2.33. The molecule has 1 aliphatic carbocycles. The first-order valence-electron chi connectivity index (χ1n) is 4.79. The Hall–Kier alpha value is -0.370. The summed E-state index contributed by atoms with van der Waals surface area (Å²) < 4.78 is 1.31. The smallest absolute Gasteiger partial charge is 0.0787 e. The van der Waals surface area contributed by atoms with E-state index in [-0.39, 0.29) is 0 Å². The first-order valence-corrected chi connectivity index (χ1v) is 5.58. The topological polar surface area (TPSA) is 12.4 Å². The second-order valence-electron chi connectivity index (χ2n) is 3.99. The summed E-state index contributed by atoms with van der Waals surface area (Å²) in [6.07, 6.45) is 7.56. The minimum Gasteiger partial charge on any atom is -0.289 e. The third-order valence-electron chi connectivity index (χ3n) is 2.80. The van der Waals surface area contributed by atoms with E-state index in [0.29, 0.717) is 17.9 Å². The van der Waals surface area contributed by atoms with E-state index in [1.807, 2.05) is 0 Å². The monoisotopic (exact) mass is 239 g/mol.